The molecule has 3 aromatic rings. The summed E-state index contributed by atoms with van der Waals surface area (Å²) in [6.07, 6.45) is 1.51. The second kappa shape index (κ2) is 7.06. The minimum atomic E-state index is 0.0245. The van der Waals surface area contributed by atoms with Crippen LogP contribution in [0.4, 0.5) is 23.1 Å². The second-order valence-electron chi connectivity index (χ2n) is 5.03. The standard InChI is InChI=1S/C17H14ClN5O/c1-11(24)12-6-8-13(9-7-12)20-16-10-19-23-17(22-16)21-15-5-3-2-4-14(15)18/h2-10H,1H3,(H2,20,21,22,23). The first kappa shape index (κ1) is 15.9. The summed E-state index contributed by atoms with van der Waals surface area (Å²) in [6.45, 7) is 1.53. The van der Waals surface area contributed by atoms with Crippen molar-refractivity contribution in [1.29, 1.82) is 0 Å². The van der Waals surface area contributed by atoms with Crippen LogP contribution in [0.2, 0.25) is 5.02 Å². The third-order valence-electron chi connectivity index (χ3n) is 3.24. The highest BCUT2D eigenvalue weighted by Crippen LogP contribution is 2.23. The quantitative estimate of drug-likeness (QED) is 0.678. The lowest BCUT2D eigenvalue weighted by Crippen LogP contribution is -2.02. The summed E-state index contributed by atoms with van der Waals surface area (Å²) < 4.78 is 0. The van der Waals surface area contributed by atoms with Gasteiger partial charge in [0.05, 0.1) is 16.9 Å². The molecule has 0 atom stereocenters. The molecule has 0 saturated carbocycles. The molecule has 7 heteroatoms. The zero-order valence-electron chi connectivity index (χ0n) is 12.8. The van der Waals surface area contributed by atoms with Crippen LogP contribution in [0.15, 0.2) is 54.7 Å². The Hall–Kier alpha value is -2.99. The van der Waals surface area contributed by atoms with E-state index in [0.29, 0.717) is 28.0 Å². The van der Waals surface area contributed by atoms with Crippen molar-refractivity contribution in [1.82, 2.24) is 15.2 Å². The van der Waals surface area contributed by atoms with Gasteiger partial charge in [0.15, 0.2) is 11.6 Å². The maximum atomic E-state index is 11.3. The van der Waals surface area contributed by atoms with Gasteiger partial charge in [0.2, 0.25) is 5.95 Å². The van der Waals surface area contributed by atoms with Gasteiger partial charge in [-0.15, -0.1) is 5.10 Å². The lowest BCUT2D eigenvalue weighted by Gasteiger charge is -2.09. The van der Waals surface area contributed by atoms with Crippen LogP contribution < -0.4 is 10.6 Å². The average molecular weight is 340 g/mol. The molecule has 1 aromatic heterocycles. The Morgan fingerprint density at radius 3 is 2.50 bits per heavy atom. The van der Waals surface area contributed by atoms with E-state index in [2.05, 4.69) is 25.8 Å². The van der Waals surface area contributed by atoms with Crippen molar-refractivity contribution < 1.29 is 4.79 Å². The summed E-state index contributed by atoms with van der Waals surface area (Å²) in [6, 6.07) is 14.4. The number of rotatable bonds is 5. The van der Waals surface area contributed by atoms with Crippen LogP contribution >= 0.6 is 11.6 Å². The number of nitrogens with one attached hydrogen (secondary N) is 2. The highest BCUT2D eigenvalue weighted by molar-refractivity contribution is 6.33. The fraction of sp³-hybridized carbons (Fsp3) is 0.0588. The molecule has 2 N–H and O–H groups in total. The Balaban J connectivity index is 1.75. The summed E-state index contributed by atoms with van der Waals surface area (Å²) in [5.74, 6) is 0.875. The number of halogens is 1. The zero-order valence-corrected chi connectivity index (χ0v) is 13.6. The molecular formula is C17H14ClN5O. The van der Waals surface area contributed by atoms with Gasteiger partial charge in [-0.3, -0.25) is 4.79 Å². The molecule has 0 aliphatic rings. The van der Waals surface area contributed by atoms with E-state index in [9.17, 15) is 4.79 Å². The predicted molar refractivity (Wildman–Crippen MR) is 94.3 cm³/mol. The largest absolute Gasteiger partial charge is 0.339 e. The highest BCUT2D eigenvalue weighted by Gasteiger charge is 2.05. The van der Waals surface area contributed by atoms with Crippen molar-refractivity contribution in [3.8, 4) is 0 Å². The highest BCUT2D eigenvalue weighted by atomic mass is 35.5. The van der Waals surface area contributed by atoms with Gasteiger partial charge in [0.25, 0.3) is 0 Å². The molecular weight excluding hydrogens is 326 g/mol. The first-order valence-corrected chi connectivity index (χ1v) is 7.59. The normalized spacial score (nSPS) is 10.2. The van der Waals surface area contributed by atoms with E-state index in [1.54, 1.807) is 30.3 Å². The Labute approximate surface area is 143 Å². The van der Waals surface area contributed by atoms with Crippen LogP contribution in [0.5, 0.6) is 0 Å². The van der Waals surface area contributed by atoms with Crippen LogP contribution in [0.3, 0.4) is 0 Å². The fourth-order valence-corrected chi connectivity index (χ4v) is 2.22. The molecule has 0 radical (unpaired) electrons. The minimum absolute atomic E-state index is 0.0245. The molecule has 0 bridgehead atoms. The van der Waals surface area contributed by atoms with Gasteiger partial charge >= 0.3 is 0 Å². The number of carbonyl (C=O) groups is 1. The van der Waals surface area contributed by atoms with E-state index in [1.807, 2.05) is 18.2 Å². The van der Waals surface area contributed by atoms with Gasteiger partial charge in [0, 0.05) is 11.3 Å². The van der Waals surface area contributed by atoms with Crippen LogP contribution in [0.1, 0.15) is 17.3 Å². The number of aromatic nitrogens is 3. The second-order valence-corrected chi connectivity index (χ2v) is 5.44. The SMILES string of the molecule is CC(=O)c1ccc(Nc2cnnc(Nc3ccccc3Cl)n2)cc1. The van der Waals surface area contributed by atoms with Gasteiger partial charge in [0.1, 0.15) is 0 Å². The lowest BCUT2D eigenvalue weighted by atomic mass is 10.1. The Morgan fingerprint density at radius 1 is 1.04 bits per heavy atom. The molecule has 0 saturated heterocycles. The third kappa shape index (κ3) is 3.85. The van der Waals surface area contributed by atoms with E-state index in [4.69, 9.17) is 11.6 Å². The number of hydrogen-bond donors (Lipinski definition) is 2. The fourth-order valence-electron chi connectivity index (χ4n) is 2.04. The van der Waals surface area contributed by atoms with Gasteiger partial charge in [-0.25, -0.2) is 0 Å². The number of nitrogens with zero attached hydrogens (tertiary/aromatic N) is 3. The topological polar surface area (TPSA) is 79.8 Å². The molecule has 0 fully saturated rings. The first-order valence-electron chi connectivity index (χ1n) is 7.21. The monoisotopic (exact) mass is 339 g/mol. The Morgan fingerprint density at radius 2 is 1.79 bits per heavy atom. The van der Waals surface area contributed by atoms with Crippen LogP contribution in [-0.2, 0) is 0 Å². The van der Waals surface area contributed by atoms with Crippen LogP contribution in [0.25, 0.3) is 0 Å². The number of ketones is 1. The van der Waals surface area contributed by atoms with E-state index in [0.717, 1.165) is 5.69 Å². The number of anilines is 4. The van der Waals surface area contributed by atoms with Crippen LogP contribution in [-0.4, -0.2) is 21.0 Å². The minimum Gasteiger partial charge on any atom is -0.339 e. The van der Waals surface area contributed by atoms with Gasteiger partial charge < -0.3 is 10.6 Å². The molecule has 0 aliphatic carbocycles. The Bertz CT molecular complexity index is 867. The van der Waals surface area contributed by atoms with Gasteiger partial charge in [-0.1, -0.05) is 23.7 Å². The first-order chi connectivity index (χ1) is 11.6. The van der Waals surface area contributed by atoms with E-state index in [-0.39, 0.29) is 5.78 Å². The zero-order chi connectivity index (χ0) is 16.9. The third-order valence-corrected chi connectivity index (χ3v) is 3.57. The summed E-state index contributed by atoms with van der Waals surface area (Å²) >= 11 is 6.10. The molecule has 0 amide bonds. The van der Waals surface area contributed by atoms with E-state index < -0.39 is 0 Å². The van der Waals surface area contributed by atoms with Crippen molar-refractivity contribution in [2.45, 2.75) is 6.92 Å². The summed E-state index contributed by atoms with van der Waals surface area (Å²) in [4.78, 5) is 15.6. The molecule has 0 aliphatic heterocycles. The predicted octanol–water partition coefficient (Wildman–Crippen LogP) is 4.21. The number of benzene rings is 2. The molecule has 120 valence electrons. The molecule has 2 aromatic carbocycles. The molecule has 0 spiro atoms. The molecule has 0 unspecified atom stereocenters. The van der Waals surface area contributed by atoms with Crippen molar-refractivity contribution in [2.24, 2.45) is 0 Å². The number of carbonyl (C=O) groups excluding carboxylic acids is 1. The van der Waals surface area contributed by atoms with Gasteiger partial charge in [-0.2, -0.15) is 10.1 Å². The number of hydrogen-bond acceptors (Lipinski definition) is 6. The van der Waals surface area contributed by atoms with E-state index >= 15 is 0 Å². The average Bonchev–Trinajstić information content (AvgIpc) is 2.58. The van der Waals surface area contributed by atoms with Crippen molar-refractivity contribution in [3.05, 3.63) is 65.3 Å². The smallest absolute Gasteiger partial charge is 0.249 e. The summed E-state index contributed by atoms with van der Waals surface area (Å²) in [5, 5.41) is 14.6. The summed E-state index contributed by atoms with van der Waals surface area (Å²) in [5.41, 5.74) is 2.15. The van der Waals surface area contributed by atoms with E-state index in [1.165, 1.54) is 13.1 Å². The maximum Gasteiger partial charge on any atom is 0.249 e. The maximum absolute atomic E-state index is 11.3. The summed E-state index contributed by atoms with van der Waals surface area (Å²) in [7, 11) is 0. The van der Waals surface area contributed by atoms with Crippen molar-refractivity contribution >= 4 is 40.5 Å². The molecule has 1 heterocycles. The molecule has 3 rings (SSSR count). The van der Waals surface area contributed by atoms with Crippen LogP contribution in [0, 0.1) is 0 Å². The lowest BCUT2D eigenvalue weighted by molar-refractivity contribution is 0.101. The van der Waals surface area contributed by atoms with Gasteiger partial charge in [-0.05, 0) is 43.3 Å². The van der Waals surface area contributed by atoms with Crippen molar-refractivity contribution in [3.63, 3.8) is 0 Å². The van der Waals surface area contributed by atoms with Crippen molar-refractivity contribution in [2.75, 3.05) is 10.6 Å². The number of para-hydroxylation sites is 1. The number of Topliss-reactive ketones (excluding diaryl/α,β-unsaturated/α-hetero) is 1. The Kier molecular flexibility index (Phi) is 4.67. The molecule has 24 heavy (non-hydrogen) atoms. The molecule has 6 nitrogen and oxygen atoms in total.